The van der Waals surface area contributed by atoms with Gasteiger partial charge in [0.1, 0.15) is 11.5 Å². The monoisotopic (exact) mass is 506 g/mol. The summed E-state index contributed by atoms with van der Waals surface area (Å²) >= 11 is 5.78. The third-order valence-corrected chi connectivity index (χ3v) is 7.85. The van der Waals surface area contributed by atoms with Crippen LogP contribution < -0.4 is 9.47 Å². The summed E-state index contributed by atoms with van der Waals surface area (Å²) in [5, 5.41) is 1.31. The number of benzene rings is 3. The third kappa shape index (κ3) is 4.51. The van der Waals surface area contributed by atoms with Crippen molar-refractivity contribution in [1.29, 1.82) is 0 Å². The maximum Gasteiger partial charge on any atom is 0.265 e. The number of rotatable bonds is 4. The van der Waals surface area contributed by atoms with Crippen molar-refractivity contribution in [1.82, 2.24) is 9.88 Å². The second kappa shape index (κ2) is 9.02. The molecule has 0 spiro atoms. The molecule has 4 aromatic rings. The summed E-state index contributed by atoms with van der Waals surface area (Å²) in [7, 11) is -1.67. The van der Waals surface area contributed by atoms with Crippen molar-refractivity contribution >= 4 is 38.1 Å². The fourth-order valence-corrected chi connectivity index (χ4v) is 5.53. The molecule has 0 bridgehead atoms. The summed E-state index contributed by atoms with van der Waals surface area (Å²) < 4.78 is 35.8. The number of hydrogen-bond acceptors (Lipinski definition) is 5. The molecule has 180 valence electrons. The van der Waals surface area contributed by atoms with Crippen LogP contribution in [-0.2, 0) is 16.3 Å². The second-order valence-electron chi connectivity index (χ2n) is 8.80. The highest BCUT2D eigenvalue weighted by Crippen LogP contribution is 2.40. The van der Waals surface area contributed by atoms with Crippen LogP contribution in [0, 0.1) is 6.92 Å². The number of aromatic nitrogens is 1. The zero-order valence-corrected chi connectivity index (χ0v) is 21.4. The molecule has 1 aromatic heterocycles. The molecule has 0 saturated carbocycles. The summed E-state index contributed by atoms with van der Waals surface area (Å²) in [6, 6.07) is 20.7. The number of sulfone groups is 1. The number of fused-ring (bicyclic) bond motifs is 3. The first-order valence-corrected chi connectivity index (χ1v) is 13.6. The minimum absolute atomic E-state index is 0.225. The van der Waals surface area contributed by atoms with Crippen molar-refractivity contribution in [2.75, 3.05) is 19.9 Å². The van der Waals surface area contributed by atoms with Gasteiger partial charge in [0, 0.05) is 29.4 Å². The minimum atomic E-state index is -3.31. The van der Waals surface area contributed by atoms with Gasteiger partial charge in [-0.3, -0.25) is 0 Å². The van der Waals surface area contributed by atoms with Crippen molar-refractivity contribution < 1.29 is 17.9 Å². The van der Waals surface area contributed by atoms with E-state index in [1.165, 1.54) is 6.26 Å². The Morgan fingerprint density at radius 3 is 2.37 bits per heavy atom. The van der Waals surface area contributed by atoms with E-state index in [2.05, 4.69) is 9.88 Å². The predicted molar refractivity (Wildman–Crippen MR) is 141 cm³/mol. The molecule has 0 radical (unpaired) electrons. The van der Waals surface area contributed by atoms with Gasteiger partial charge < -0.3 is 19.4 Å². The van der Waals surface area contributed by atoms with Crippen molar-refractivity contribution in [3.8, 4) is 11.5 Å². The number of nitrogens with zero attached hydrogens (tertiary/aromatic N) is 1. The van der Waals surface area contributed by atoms with Gasteiger partial charge in [-0.15, -0.1) is 0 Å². The first kappa shape index (κ1) is 23.4. The average molecular weight is 507 g/mol. The summed E-state index contributed by atoms with van der Waals surface area (Å²) in [6.45, 7) is 2.66. The Labute approximate surface area is 210 Å². The van der Waals surface area contributed by atoms with E-state index < -0.39 is 9.84 Å². The standard InChI is InChI=1S/C27H26N2O4S2/c1-17-4-8-20(9-5-17)33-27(34)29-15-14-22-23-16-21(35(3,30)31)12-13-24(23)28-25(22)26(29)18-6-10-19(32-2)11-7-18/h4-13,16,26,28H,14-15H2,1-3H3. The van der Waals surface area contributed by atoms with E-state index in [4.69, 9.17) is 21.7 Å². The van der Waals surface area contributed by atoms with Gasteiger partial charge in [-0.1, -0.05) is 29.8 Å². The Bertz CT molecular complexity index is 1510. The van der Waals surface area contributed by atoms with E-state index in [0.717, 1.165) is 39.0 Å². The van der Waals surface area contributed by atoms with Crippen LogP contribution in [0.5, 0.6) is 11.5 Å². The van der Waals surface area contributed by atoms with Gasteiger partial charge in [-0.25, -0.2) is 8.42 Å². The van der Waals surface area contributed by atoms with Crippen LogP contribution in [0.15, 0.2) is 71.6 Å². The highest BCUT2D eigenvalue weighted by atomic mass is 32.2. The molecule has 3 aromatic carbocycles. The fraction of sp³-hybridized carbons (Fsp3) is 0.222. The minimum Gasteiger partial charge on any atom is -0.497 e. The van der Waals surface area contributed by atoms with Crippen LogP contribution >= 0.6 is 12.2 Å². The zero-order chi connectivity index (χ0) is 24.7. The quantitative estimate of drug-likeness (QED) is 0.384. The van der Waals surface area contributed by atoms with E-state index in [0.29, 0.717) is 28.8 Å². The average Bonchev–Trinajstić information content (AvgIpc) is 3.22. The topological polar surface area (TPSA) is 71.6 Å². The molecular weight excluding hydrogens is 480 g/mol. The largest absolute Gasteiger partial charge is 0.497 e. The molecule has 1 aliphatic heterocycles. The molecule has 0 amide bonds. The number of methoxy groups -OCH3 is 1. The second-order valence-corrected chi connectivity index (χ2v) is 11.2. The van der Waals surface area contributed by atoms with Gasteiger partial charge in [0.25, 0.3) is 5.17 Å². The Balaban J connectivity index is 1.60. The number of aromatic amines is 1. The molecule has 0 saturated heterocycles. The van der Waals surface area contributed by atoms with Crippen molar-refractivity contribution in [3.05, 3.63) is 89.1 Å². The number of thiocarbonyl (C=S) groups is 1. The van der Waals surface area contributed by atoms with Crippen LogP contribution in [0.25, 0.3) is 10.9 Å². The molecule has 1 unspecified atom stereocenters. The number of ether oxygens (including phenoxy) is 2. The molecule has 1 N–H and O–H groups in total. The van der Waals surface area contributed by atoms with Crippen molar-refractivity contribution in [2.45, 2.75) is 24.3 Å². The SMILES string of the molecule is COc1ccc(C2c3[nH]c4ccc(S(C)(=O)=O)cc4c3CCN2C(=S)Oc2ccc(C)cc2)cc1. The van der Waals surface area contributed by atoms with E-state index in [-0.39, 0.29) is 6.04 Å². The highest BCUT2D eigenvalue weighted by Gasteiger charge is 2.34. The molecule has 2 heterocycles. The van der Waals surface area contributed by atoms with Crippen LogP contribution in [0.1, 0.15) is 28.4 Å². The number of nitrogens with one attached hydrogen (secondary N) is 1. The van der Waals surface area contributed by atoms with Crippen LogP contribution in [0.4, 0.5) is 0 Å². The summed E-state index contributed by atoms with van der Waals surface area (Å²) in [6.07, 6.45) is 1.93. The molecule has 1 aliphatic rings. The van der Waals surface area contributed by atoms with Crippen LogP contribution in [-0.4, -0.2) is 43.4 Å². The Hall–Kier alpha value is -3.36. The Morgan fingerprint density at radius 1 is 1.03 bits per heavy atom. The van der Waals surface area contributed by atoms with Gasteiger partial charge in [-0.05, 0) is 79.2 Å². The molecule has 8 heteroatoms. The summed E-state index contributed by atoms with van der Waals surface area (Å²) in [4.78, 5) is 5.93. The van der Waals surface area contributed by atoms with E-state index in [9.17, 15) is 8.42 Å². The van der Waals surface area contributed by atoms with Gasteiger partial charge in [0.2, 0.25) is 0 Å². The lowest BCUT2D eigenvalue weighted by atomic mass is 9.93. The van der Waals surface area contributed by atoms with Crippen molar-refractivity contribution in [3.63, 3.8) is 0 Å². The zero-order valence-electron chi connectivity index (χ0n) is 19.7. The first-order valence-electron chi connectivity index (χ1n) is 11.3. The van der Waals surface area contributed by atoms with Crippen LogP contribution in [0.3, 0.4) is 0 Å². The van der Waals surface area contributed by atoms with Crippen molar-refractivity contribution in [2.24, 2.45) is 0 Å². The molecular formula is C27H26N2O4S2. The first-order chi connectivity index (χ1) is 16.7. The molecule has 5 rings (SSSR count). The summed E-state index contributed by atoms with van der Waals surface area (Å²) in [5.74, 6) is 1.46. The Kier molecular flexibility index (Phi) is 6.02. The van der Waals surface area contributed by atoms with Crippen LogP contribution in [0.2, 0.25) is 0 Å². The molecule has 1 atom stereocenters. The maximum absolute atomic E-state index is 12.2. The normalized spacial score (nSPS) is 15.6. The predicted octanol–water partition coefficient (Wildman–Crippen LogP) is 5.20. The highest BCUT2D eigenvalue weighted by molar-refractivity contribution is 7.90. The lowest BCUT2D eigenvalue weighted by Crippen LogP contribution is -2.42. The third-order valence-electron chi connectivity index (χ3n) is 6.42. The van der Waals surface area contributed by atoms with Gasteiger partial charge in [0.05, 0.1) is 18.0 Å². The van der Waals surface area contributed by atoms with E-state index >= 15 is 0 Å². The lowest BCUT2D eigenvalue weighted by Gasteiger charge is -2.37. The van der Waals surface area contributed by atoms with Gasteiger partial charge in [-0.2, -0.15) is 0 Å². The number of hydrogen-bond donors (Lipinski definition) is 1. The molecule has 6 nitrogen and oxygen atoms in total. The summed E-state index contributed by atoms with van der Waals surface area (Å²) in [5.41, 5.74) is 5.15. The molecule has 0 fully saturated rings. The van der Waals surface area contributed by atoms with E-state index in [1.54, 1.807) is 19.2 Å². The smallest absolute Gasteiger partial charge is 0.265 e. The van der Waals surface area contributed by atoms with E-state index in [1.807, 2.05) is 61.5 Å². The lowest BCUT2D eigenvalue weighted by molar-refractivity contribution is 0.289. The maximum atomic E-state index is 12.2. The van der Waals surface area contributed by atoms with Gasteiger partial charge >= 0.3 is 0 Å². The van der Waals surface area contributed by atoms with Gasteiger partial charge in [0.15, 0.2) is 9.84 Å². The Morgan fingerprint density at radius 2 is 1.71 bits per heavy atom. The number of H-pyrrole nitrogens is 1. The molecule has 35 heavy (non-hydrogen) atoms. The fourth-order valence-electron chi connectivity index (χ4n) is 4.59. The number of aryl methyl sites for hydroxylation is 1. The molecule has 0 aliphatic carbocycles.